The van der Waals surface area contributed by atoms with Crippen LogP contribution in [0.5, 0.6) is 0 Å². The van der Waals surface area contributed by atoms with E-state index in [4.69, 9.17) is 5.11 Å². The monoisotopic (exact) mass is 255 g/mol. The van der Waals surface area contributed by atoms with Gasteiger partial charge in [0, 0.05) is 13.1 Å². The van der Waals surface area contributed by atoms with Gasteiger partial charge in [0.05, 0.1) is 12.5 Å². The Balaban J connectivity index is 2.32. The number of carboxylic acid groups (broad SMARTS) is 1. The molecule has 1 aromatic carbocycles. The van der Waals surface area contributed by atoms with Crippen LogP contribution in [0.1, 0.15) is 12.0 Å². The molecule has 2 N–H and O–H groups in total. The molecule has 5 heteroatoms. The lowest BCUT2D eigenvalue weighted by Crippen LogP contribution is -2.32. The van der Waals surface area contributed by atoms with E-state index in [1.807, 2.05) is 11.0 Å². The molecule has 0 aliphatic rings. The highest BCUT2D eigenvalue weighted by Crippen LogP contribution is 2.05. The van der Waals surface area contributed by atoms with Gasteiger partial charge in [0.2, 0.25) is 0 Å². The summed E-state index contributed by atoms with van der Waals surface area (Å²) in [7, 11) is 1.80. The summed E-state index contributed by atoms with van der Waals surface area (Å²) in [5.74, 6) is -1.28. The van der Waals surface area contributed by atoms with Gasteiger partial charge < -0.3 is 15.1 Å². The van der Waals surface area contributed by atoms with Crippen LogP contribution < -0.4 is 0 Å². The summed E-state index contributed by atoms with van der Waals surface area (Å²) in [4.78, 5) is 12.2. The molecule has 0 radical (unpaired) electrons. The molecule has 1 rings (SSSR count). The number of hydrogen-bond acceptors (Lipinski definition) is 3. The molecule has 0 amide bonds. The zero-order valence-corrected chi connectivity index (χ0v) is 10.3. The first-order valence-corrected chi connectivity index (χ1v) is 5.80. The largest absolute Gasteiger partial charge is 0.481 e. The van der Waals surface area contributed by atoms with Crippen molar-refractivity contribution in [3.8, 4) is 0 Å². The van der Waals surface area contributed by atoms with Crippen molar-refractivity contribution < 1.29 is 19.4 Å². The minimum absolute atomic E-state index is 0.260. The predicted molar refractivity (Wildman–Crippen MR) is 65.9 cm³/mol. The van der Waals surface area contributed by atoms with Gasteiger partial charge in [-0.2, -0.15) is 0 Å². The Bertz CT molecular complexity index is 398. The summed E-state index contributed by atoms with van der Waals surface area (Å²) in [6.07, 6.45) is -0.474. The second-order valence-electron chi connectivity index (χ2n) is 4.39. The third-order valence-electron chi connectivity index (χ3n) is 2.60. The fourth-order valence-corrected chi connectivity index (χ4v) is 1.73. The van der Waals surface area contributed by atoms with E-state index < -0.39 is 12.1 Å². The number of carboxylic acids is 1. The maximum Gasteiger partial charge on any atom is 0.306 e. The highest BCUT2D eigenvalue weighted by Gasteiger charge is 2.12. The average Bonchev–Trinajstić information content (AvgIpc) is 2.25. The van der Waals surface area contributed by atoms with Crippen molar-refractivity contribution in [3.63, 3.8) is 0 Å². The molecule has 0 heterocycles. The molecule has 0 aliphatic heterocycles. The van der Waals surface area contributed by atoms with E-state index in [1.54, 1.807) is 13.1 Å². The van der Waals surface area contributed by atoms with Crippen molar-refractivity contribution >= 4 is 5.97 Å². The van der Waals surface area contributed by atoms with E-state index in [-0.39, 0.29) is 12.2 Å². The number of aliphatic hydroxyl groups is 1. The van der Waals surface area contributed by atoms with E-state index >= 15 is 0 Å². The molecule has 0 aromatic heterocycles. The van der Waals surface area contributed by atoms with E-state index in [2.05, 4.69) is 0 Å². The van der Waals surface area contributed by atoms with Crippen molar-refractivity contribution in [2.24, 2.45) is 0 Å². The molecule has 0 spiro atoms. The van der Waals surface area contributed by atoms with Crippen molar-refractivity contribution in [1.82, 2.24) is 4.90 Å². The maximum atomic E-state index is 12.9. The topological polar surface area (TPSA) is 60.8 Å². The van der Waals surface area contributed by atoms with Gasteiger partial charge >= 0.3 is 5.97 Å². The molecule has 0 saturated carbocycles. The van der Waals surface area contributed by atoms with Gasteiger partial charge in [0.25, 0.3) is 0 Å². The maximum absolute atomic E-state index is 12.9. The molecule has 100 valence electrons. The zero-order chi connectivity index (χ0) is 13.5. The van der Waals surface area contributed by atoms with Crippen LogP contribution in [-0.2, 0) is 11.2 Å². The van der Waals surface area contributed by atoms with Crippen LogP contribution in [0.25, 0.3) is 0 Å². The third-order valence-corrected chi connectivity index (χ3v) is 2.60. The minimum atomic E-state index is -1.01. The summed E-state index contributed by atoms with van der Waals surface area (Å²) in [6.45, 7) is 0.932. The van der Waals surface area contributed by atoms with Gasteiger partial charge in [0.15, 0.2) is 0 Å². The van der Waals surface area contributed by atoms with Crippen LogP contribution in [0.15, 0.2) is 24.3 Å². The van der Waals surface area contributed by atoms with E-state index in [0.717, 1.165) is 5.56 Å². The summed E-state index contributed by atoms with van der Waals surface area (Å²) in [5.41, 5.74) is 0.884. The molecule has 0 aliphatic carbocycles. The Morgan fingerprint density at radius 2 is 2.22 bits per heavy atom. The quantitative estimate of drug-likeness (QED) is 0.767. The Morgan fingerprint density at radius 3 is 2.83 bits per heavy atom. The highest BCUT2D eigenvalue weighted by molar-refractivity contribution is 5.67. The number of halogens is 1. The van der Waals surface area contributed by atoms with Gasteiger partial charge in [-0.25, -0.2) is 4.39 Å². The van der Waals surface area contributed by atoms with Gasteiger partial charge in [-0.05, 0) is 31.2 Å². The Labute approximate surface area is 106 Å². The van der Waals surface area contributed by atoms with Crippen LogP contribution in [0.3, 0.4) is 0 Å². The first-order chi connectivity index (χ1) is 8.47. The SMILES string of the molecule is CN(CCc1cccc(F)c1)CC(O)CC(=O)O. The molecule has 1 atom stereocenters. The number of carbonyl (C=O) groups is 1. The summed E-state index contributed by atoms with van der Waals surface area (Å²) in [5, 5.41) is 18.0. The van der Waals surface area contributed by atoms with Crippen molar-refractivity contribution in [3.05, 3.63) is 35.6 Å². The van der Waals surface area contributed by atoms with Gasteiger partial charge in [-0.3, -0.25) is 4.79 Å². The van der Waals surface area contributed by atoms with Gasteiger partial charge in [-0.1, -0.05) is 12.1 Å². The molecule has 1 unspecified atom stereocenters. The molecular weight excluding hydrogens is 237 g/mol. The van der Waals surface area contributed by atoms with Crippen LogP contribution in [-0.4, -0.2) is 47.3 Å². The first-order valence-electron chi connectivity index (χ1n) is 5.80. The van der Waals surface area contributed by atoms with E-state index in [1.165, 1.54) is 12.1 Å². The van der Waals surface area contributed by atoms with E-state index in [9.17, 15) is 14.3 Å². The smallest absolute Gasteiger partial charge is 0.306 e. The summed E-state index contributed by atoms with van der Waals surface area (Å²) in [6, 6.07) is 6.36. The molecule has 0 saturated heterocycles. The normalized spacial score (nSPS) is 12.7. The van der Waals surface area contributed by atoms with Crippen LogP contribution >= 0.6 is 0 Å². The molecule has 1 aromatic rings. The molecule has 0 fully saturated rings. The third kappa shape index (κ3) is 5.75. The summed E-state index contributed by atoms with van der Waals surface area (Å²) < 4.78 is 12.9. The number of aliphatic hydroxyl groups excluding tert-OH is 1. The predicted octanol–water partition coefficient (Wildman–Crippen LogP) is 1.14. The van der Waals surface area contributed by atoms with Gasteiger partial charge in [0.1, 0.15) is 5.82 Å². The van der Waals surface area contributed by atoms with Crippen LogP contribution in [0.2, 0.25) is 0 Å². The second-order valence-corrected chi connectivity index (χ2v) is 4.39. The minimum Gasteiger partial charge on any atom is -0.481 e. The zero-order valence-electron chi connectivity index (χ0n) is 10.3. The number of likely N-dealkylation sites (N-methyl/N-ethyl adjacent to an activating group) is 1. The standard InChI is InChI=1S/C13H18FNO3/c1-15(9-12(16)8-13(17)18)6-5-10-3-2-4-11(14)7-10/h2-4,7,12,16H,5-6,8-9H2,1H3,(H,17,18). The number of rotatable bonds is 7. The fourth-order valence-electron chi connectivity index (χ4n) is 1.73. The van der Waals surface area contributed by atoms with Crippen molar-refractivity contribution in [2.75, 3.05) is 20.1 Å². The van der Waals surface area contributed by atoms with Crippen LogP contribution in [0, 0.1) is 5.82 Å². The Hall–Kier alpha value is -1.46. The summed E-state index contributed by atoms with van der Waals surface area (Å²) >= 11 is 0. The number of aliphatic carboxylic acids is 1. The van der Waals surface area contributed by atoms with E-state index in [0.29, 0.717) is 19.5 Å². The van der Waals surface area contributed by atoms with Crippen molar-refractivity contribution in [2.45, 2.75) is 18.9 Å². The molecule has 4 nitrogen and oxygen atoms in total. The molecule has 18 heavy (non-hydrogen) atoms. The fraction of sp³-hybridized carbons (Fsp3) is 0.462. The first kappa shape index (κ1) is 14.6. The molecular formula is C13H18FNO3. The Kier molecular flexibility index (Phi) is 5.74. The number of benzene rings is 1. The highest BCUT2D eigenvalue weighted by atomic mass is 19.1. The van der Waals surface area contributed by atoms with Crippen molar-refractivity contribution in [1.29, 1.82) is 0 Å². The lowest BCUT2D eigenvalue weighted by atomic mass is 10.1. The Morgan fingerprint density at radius 1 is 1.50 bits per heavy atom. The molecule has 0 bridgehead atoms. The second kappa shape index (κ2) is 7.08. The average molecular weight is 255 g/mol. The lowest BCUT2D eigenvalue weighted by Gasteiger charge is -2.19. The van der Waals surface area contributed by atoms with Crippen LogP contribution in [0.4, 0.5) is 4.39 Å². The van der Waals surface area contributed by atoms with Gasteiger partial charge in [-0.15, -0.1) is 0 Å². The number of hydrogen-bond donors (Lipinski definition) is 2. The number of nitrogens with zero attached hydrogens (tertiary/aromatic N) is 1. The lowest BCUT2D eigenvalue weighted by molar-refractivity contribution is -0.139.